The number of likely N-dealkylation sites (N-methyl/N-ethyl adjacent to an activating group) is 1. The van der Waals surface area contributed by atoms with Crippen molar-refractivity contribution in [1.82, 2.24) is 9.38 Å². The van der Waals surface area contributed by atoms with Gasteiger partial charge in [0.2, 0.25) is 0 Å². The van der Waals surface area contributed by atoms with Gasteiger partial charge < -0.3 is 15.4 Å². The van der Waals surface area contributed by atoms with Crippen LogP contribution >= 0.6 is 11.3 Å². The predicted molar refractivity (Wildman–Crippen MR) is 99.4 cm³/mol. The molecule has 2 aromatic heterocycles. The summed E-state index contributed by atoms with van der Waals surface area (Å²) >= 11 is 1.61. The van der Waals surface area contributed by atoms with E-state index in [-0.39, 0.29) is 11.9 Å². The smallest absolute Gasteiger partial charge is 0.267 e. The van der Waals surface area contributed by atoms with E-state index in [0.717, 1.165) is 39.8 Å². The molecule has 3 heterocycles. The van der Waals surface area contributed by atoms with E-state index in [0.29, 0.717) is 0 Å². The van der Waals surface area contributed by atoms with E-state index in [9.17, 15) is 4.79 Å². The van der Waals surface area contributed by atoms with Crippen LogP contribution in [-0.4, -0.2) is 34.5 Å². The highest BCUT2D eigenvalue weighted by Crippen LogP contribution is 2.37. The lowest BCUT2D eigenvalue weighted by atomic mass is 10.1. The van der Waals surface area contributed by atoms with Crippen molar-refractivity contribution in [3.63, 3.8) is 0 Å². The van der Waals surface area contributed by atoms with Crippen molar-refractivity contribution in [3.8, 4) is 17.0 Å². The zero-order chi connectivity index (χ0) is 17.7. The van der Waals surface area contributed by atoms with Gasteiger partial charge in [-0.25, -0.2) is 4.98 Å². The molecule has 0 spiro atoms. The number of hydrogen-bond acceptors (Lipinski definition) is 5. The standard InChI is InChI=1S/C18H20N4O2S/c1-10(19)6-13-9-25-18-20-14(8-22(13)18)12-4-5-16-15(7-12)21(3)17(23)11(2)24-16/h4-5,7-11H,6,19H2,1-3H3. The minimum absolute atomic E-state index is 0.0466. The molecule has 2 atom stereocenters. The lowest BCUT2D eigenvalue weighted by Gasteiger charge is -2.30. The fourth-order valence-electron chi connectivity index (χ4n) is 3.12. The molecule has 0 radical (unpaired) electrons. The Labute approximate surface area is 149 Å². The molecule has 3 aromatic rings. The van der Waals surface area contributed by atoms with Crippen LogP contribution in [0.25, 0.3) is 16.2 Å². The molecular weight excluding hydrogens is 336 g/mol. The highest BCUT2D eigenvalue weighted by molar-refractivity contribution is 7.15. The zero-order valence-electron chi connectivity index (χ0n) is 14.4. The Morgan fingerprint density at radius 2 is 2.24 bits per heavy atom. The van der Waals surface area contributed by atoms with Gasteiger partial charge in [-0.15, -0.1) is 11.3 Å². The van der Waals surface area contributed by atoms with E-state index in [1.807, 2.05) is 31.3 Å². The average Bonchev–Trinajstić information content (AvgIpc) is 3.14. The van der Waals surface area contributed by atoms with Gasteiger partial charge in [-0.05, 0) is 32.0 Å². The number of amides is 1. The van der Waals surface area contributed by atoms with Gasteiger partial charge in [0.1, 0.15) is 5.75 Å². The van der Waals surface area contributed by atoms with Crippen molar-refractivity contribution in [2.24, 2.45) is 5.73 Å². The van der Waals surface area contributed by atoms with Crippen molar-refractivity contribution in [3.05, 3.63) is 35.5 Å². The normalized spacial score (nSPS) is 18.3. The van der Waals surface area contributed by atoms with Gasteiger partial charge in [0.05, 0.1) is 11.4 Å². The second-order valence-corrected chi connectivity index (χ2v) is 7.36. The highest BCUT2D eigenvalue weighted by atomic mass is 32.1. The monoisotopic (exact) mass is 356 g/mol. The summed E-state index contributed by atoms with van der Waals surface area (Å²) in [6.45, 7) is 3.76. The first-order chi connectivity index (χ1) is 11.9. The van der Waals surface area contributed by atoms with E-state index < -0.39 is 6.10 Å². The average molecular weight is 356 g/mol. The second kappa shape index (κ2) is 5.86. The van der Waals surface area contributed by atoms with Crippen LogP contribution in [0, 0.1) is 0 Å². The maximum atomic E-state index is 12.2. The van der Waals surface area contributed by atoms with Crippen LogP contribution in [0.3, 0.4) is 0 Å². The summed E-state index contributed by atoms with van der Waals surface area (Å²) in [5, 5.41) is 2.10. The van der Waals surface area contributed by atoms with Gasteiger partial charge in [0.25, 0.3) is 5.91 Å². The summed E-state index contributed by atoms with van der Waals surface area (Å²) in [5.74, 6) is 0.673. The number of rotatable bonds is 3. The molecule has 0 saturated heterocycles. The van der Waals surface area contributed by atoms with Crippen LogP contribution in [0.4, 0.5) is 5.69 Å². The first-order valence-corrected chi connectivity index (χ1v) is 9.11. The number of carbonyl (C=O) groups is 1. The number of nitrogens with zero attached hydrogens (tertiary/aromatic N) is 3. The first-order valence-electron chi connectivity index (χ1n) is 8.23. The summed E-state index contributed by atoms with van der Waals surface area (Å²) in [7, 11) is 1.77. The molecule has 25 heavy (non-hydrogen) atoms. The topological polar surface area (TPSA) is 72.9 Å². The molecule has 6 nitrogen and oxygen atoms in total. The van der Waals surface area contributed by atoms with Gasteiger partial charge in [-0.1, -0.05) is 0 Å². The van der Waals surface area contributed by atoms with E-state index >= 15 is 0 Å². The Kier molecular flexibility index (Phi) is 3.77. The summed E-state index contributed by atoms with van der Waals surface area (Å²) < 4.78 is 7.78. The molecule has 1 aliphatic heterocycles. The minimum Gasteiger partial charge on any atom is -0.479 e. The van der Waals surface area contributed by atoms with E-state index in [4.69, 9.17) is 15.5 Å². The number of aromatic nitrogens is 2. The SMILES string of the molecule is CC(N)Cc1csc2nc(-c3ccc4c(c3)N(C)C(=O)C(C)O4)cn12. The van der Waals surface area contributed by atoms with Gasteiger partial charge in [-0.3, -0.25) is 9.20 Å². The summed E-state index contributed by atoms with van der Waals surface area (Å²) in [6, 6.07) is 5.94. The molecule has 7 heteroatoms. The van der Waals surface area contributed by atoms with Gasteiger partial charge in [0.15, 0.2) is 11.1 Å². The Hall–Kier alpha value is -2.38. The number of carbonyl (C=O) groups excluding carboxylic acids is 1. The quantitative estimate of drug-likeness (QED) is 0.783. The zero-order valence-corrected chi connectivity index (χ0v) is 15.2. The maximum Gasteiger partial charge on any atom is 0.267 e. The molecule has 0 fully saturated rings. The number of imidazole rings is 1. The number of hydrogen-bond donors (Lipinski definition) is 1. The number of fused-ring (bicyclic) bond motifs is 2. The van der Waals surface area contributed by atoms with Crippen molar-refractivity contribution in [2.75, 3.05) is 11.9 Å². The van der Waals surface area contributed by atoms with Crippen LogP contribution in [0.1, 0.15) is 19.5 Å². The van der Waals surface area contributed by atoms with Crippen molar-refractivity contribution < 1.29 is 9.53 Å². The van der Waals surface area contributed by atoms with Crippen LogP contribution in [0.15, 0.2) is 29.8 Å². The minimum atomic E-state index is -0.456. The molecule has 130 valence electrons. The van der Waals surface area contributed by atoms with E-state index in [1.54, 1.807) is 30.2 Å². The van der Waals surface area contributed by atoms with Crippen molar-refractivity contribution in [2.45, 2.75) is 32.4 Å². The molecule has 1 amide bonds. The third-order valence-corrected chi connectivity index (χ3v) is 5.30. The largest absolute Gasteiger partial charge is 0.479 e. The van der Waals surface area contributed by atoms with Gasteiger partial charge in [-0.2, -0.15) is 0 Å². The van der Waals surface area contributed by atoms with E-state index in [1.165, 1.54) is 0 Å². The molecular formula is C18H20N4O2S. The van der Waals surface area contributed by atoms with Gasteiger partial charge >= 0.3 is 0 Å². The maximum absolute atomic E-state index is 12.2. The number of ether oxygens (including phenoxy) is 1. The molecule has 1 aromatic carbocycles. The number of benzene rings is 1. The number of nitrogens with two attached hydrogens (primary N) is 1. The number of anilines is 1. The molecule has 2 unspecified atom stereocenters. The lowest BCUT2D eigenvalue weighted by Crippen LogP contribution is -2.41. The molecule has 4 rings (SSSR count). The number of thiazole rings is 1. The molecule has 0 saturated carbocycles. The Balaban J connectivity index is 1.74. The third-order valence-electron chi connectivity index (χ3n) is 4.41. The third kappa shape index (κ3) is 2.69. The van der Waals surface area contributed by atoms with Gasteiger partial charge in [0, 0.05) is 42.3 Å². The van der Waals surface area contributed by atoms with Crippen molar-refractivity contribution in [1.29, 1.82) is 0 Å². The Morgan fingerprint density at radius 1 is 1.44 bits per heavy atom. The molecule has 0 aliphatic carbocycles. The fraction of sp³-hybridized carbons (Fsp3) is 0.333. The second-order valence-electron chi connectivity index (χ2n) is 6.53. The summed E-state index contributed by atoms with van der Waals surface area (Å²) in [4.78, 5) is 19.5. The highest BCUT2D eigenvalue weighted by Gasteiger charge is 2.29. The van der Waals surface area contributed by atoms with Crippen LogP contribution in [-0.2, 0) is 11.2 Å². The van der Waals surface area contributed by atoms with Crippen LogP contribution in [0.2, 0.25) is 0 Å². The predicted octanol–water partition coefficient (Wildman–Crippen LogP) is 2.70. The van der Waals surface area contributed by atoms with Crippen molar-refractivity contribution >= 4 is 27.9 Å². The first kappa shape index (κ1) is 16.1. The van der Waals surface area contributed by atoms with Crippen LogP contribution in [0.5, 0.6) is 5.75 Å². The molecule has 1 aliphatic rings. The Bertz CT molecular complexity index is 959. The Morgan fingerprint density at radius 3 is 3.00 bits per heavy atom. The molecule has 0 bridgehead atoms. The molecule has 2 N–H and O–H groups in total. The lowest BCUT2D eigenvalue weighted by molar-refractivity contribution is -0.125. The summed E-state index contributed by atoms with van der Waals surface area (Å²) in [5.41, 5.74) is 9.69. The summed E-state index contributed by atoms with van der Waals surface area (Å²) in [6.07, 6.45) is 2.38. The van der Waals surface area contributed by atoms with Crippen LogP contribution < -0.4 is 15.4 Å². The fourth-order valence-corrected chi connectivity index (χ4v) is 4.00. The van der Waals surface area contributed by atoms with E-state index in [2.05, 4.69) is 9.78 Å².